The lowest BCUT2D eigenvalue weighted by atomic mass is 9.47. The van der Waals surface area contributed by atoms with E-state index in [1.807, 2.05) is 30.3 Å². The number of carbonyl (C=O) groups is 4. The van der Waals surface area contributed by atoms with Crippen LogP contribution >= 0.6 is 0 Å². The van der Waals surface area contributed by atoms with Crippen molar-refractivity contribution in [2.75, 3.05) is 0 Å². The minimum atomic E-state index is -1.03. The highest BCUT2D eigenvalue weighted by Gasteiger charge is 2.64. The molecule has 8 heteroatoms. The first-order chi connectivity index (χ1) is 20.9. The molecule has 0 saturated heterocycles. The molecule has 236 valence electrons. The molecule has 44 heavy (non-hydrogen) atoms. The van der Waals surface area contributed by atoms with Gasteiger partial charge in [-0.3, -0.25) is 19.2 Å². The maximum absolute atomic E-state index is 13.9. The minimum Gasteiger partial charge on any atom is -0.481 e. The van der Waals surface area contributed by atoms with Crippen molar-refractivity contribution >= 4 is 23.8 Å². The molecule has 0 aliphatic heterocycles. The molecule has 5 aliphatic carbocycles. The number of ether oxygens (including phenoxy) is 2. The third-order valence-corrected chi connectivity index (χ3v) is 12.0. The standard InChI is InChI=1S/C36H45NO7/c1-20(38)43-24-12-14-35(3)23(16-24)10-11-25-28(35)13-15-36(4)29(25)17-26-31(33(40)37-19-22-8-6-5-7-9-22)27(34(41)42)18-30(32(26)36)44-21(2)39/h5-10,24-29,31H,11-19H2,1-4H3,(H,37,40)(H,41,42). The fraction of sp³-hybridized carbons (Fsp3) is 0.611. The SMILES string of the molecule is CC(=O)OC1=C2C(CC3C4CC=C5CC(OC(C)=O)CCC5(C)C4CCC23C)C(C(=O)NCc2ccccc2)C(C(=O)O)C1. The number of carboxylic acids is 1. The highest BCUT2D eigenvalue weighted by atomic mass is 16.5. The van der Waals surface area contributed by atoms with Crippen molar-refractivity contribution in [3.8, 4) is 0 Å². The molecule has 0 aromatic heterocycles. The first-order valence-electron chi connectivity index (χ1n) is 16.3. The van der Waals surface area contributed by atoms with E-state index in [0.29, 0.717) is 30.6 Å². The number of esters is 2. The highest BCUT2D eigenvalue weighted by Crippen LogP contribution is 2.70. The molecule has 6 rings (SSSR count). The normalized spacial score (nSPS) is 37.4. The Labute approximate surface area is 259 Å². The van der Waals surface area contributed by atoms with E-state index in [9.17, 15) is 24.3 Å². The van der Waals surface area contributed by atoms with Gasteiger partial charge in [-0.15, -0.1) is 0 Å². The van der Waals surface area contributed by atoms with Crippen LogP contribution in [0.1, 0.15) is 84.6 Å². The second kappa shape index (κ2) is 11.5. The summed E-state index contributed by atoms with van der Waals surface area (Å²) in [6, 6.07) is 9.64. The van der Waals surface area contributed by atoms with Gasteiger partial charge in [0.2, 0.25) is 5.91 Å². The number of hydrogen-bond donors (Lipinski definition) is 2. The van der Waals surface area contributed by atoms with E-state index < -0.39 is 23.8 Å². The second-order valence-electron chi connectivity index (χ2n) is 14.3. The van der Waals surface area contributed by atoms with Gasteiger partial charge in [-0.2, -0.15) is 0 Å². The van der Waals surface area contributed by atoms with Crippen LogP contribution in [0, 0.1) is 46.3 Å². The Morgan fingerprint density at radius 2 is 1.68 bits per heavy atom. The molecule has 3 fully saturated rings. The van der Waals surface area contributed by atoms with E-state index in [1.165, 1.54) is 19.4 Å². The van der Waals surface area contributed by atoms with Crippen molar-refractivity contribution in [1.29, 1.82) is 0 Å². The van der Waals surface area contributed by atoms with Gasteiger partial charge in [0.1, 0.15) is 11.9 Å². The predicted molar refractivity (Wildman–Crippen MR) is 162 cm³/mol. The van der Waals surface area contributed by atoms with Gasteiger partial charge in [0.25, 0.3) is 0 Å². The quantitative estimate of drug-likeness (QED) is 0.304. The number of hydrogen-bond acceptors (Lipinski definition) is 6. The Hall–Kier alpha value is -3.42. The van der Waals surface area contributed by atoms with Crippen LogP contribution in [0.15, 0.2) is 53.3 Å². The largest absolute Gasteiger partial charge is 0.481 e. The lowest BCUT2D eigenvalue weighted by molar-refractivity contribution is -0.151. The van der Waals surface area contributed by atoms with Crippen molar-refractivity contribution < 1.29 is 33.8 Å². The van der Waals surface area contributed by atoms with Gasteiger partial charge >= 0.3 is 17.9 Å². The van der Waals surface area contributed by atoms with Crippen LogP contribution in [0.25, 0.3) is 0 Å². The number of amides is 1. The molecule has 0 bridgehead atoms. The van der Waals surface area contributed by atoms with Crippen LogP contribution in [0.4, 0.5) is 0 Å². The van der Waals surface area contributed by atoms with E-state index in [4.69, 9.17) is 9.47 Å². The summed E-state index contributed by atoms with van der Waals surface area (Å²) in [5.41, 5.74) is 3.11. The van der Waals surface area contributed by atoms with Gasteiger partial charge in [-0.05, 0) is 84.2 Å². The topological polar surface area (TPSA) is 119 Å². The summed E-state index contributed by atoms with van der Waals surface area (Å²) < 4.78 is 11.4. The van der Waals surface area contributed by atoms with Crippen molar-refractivity contribution in [1.82, 2.24) is 5.32 Å². The zero-order valence-corrected chi connectivity index (χ0v) is 26.3. The Balaban J connectivity index is 1.34. The van der Waals surface area contributed by atoms with Crippen LogP contribution in [0.5, 0.6) is 0 Å². The molecular formula is C36H45NO7. The molecular weight excluding hydrogens is 558 g/mol. The number of nitrogens with one attached hydrogen (secondary N) is 1. The van der Waals surface area contributed by atoms with Gasteiger partial charge in [0.15, 0.2) is 0 Å². The average molecular weight is 604 g/mol. The number of carbonyl (C=O) groups excluding carboxylic acids is 3. The van der Waals surface area contributed by atoms with Gasteiger partial charge in [-0.1, -0.05) is 55.8 Å². The number of carboxylic acid groups (broad SMARTS) is 1. The molecule has 3 saturated carbocycles. The number of benzene rings is 1. The number of fused-ring (bicyclic) bond motifs is 7. The van der Waals surface area contributed by atoms with Gasteiger partial charge in [-0.25, -0.2) is 0 Å². The molecule has 9 unspecified atom stereocenters. The van der Waals surface area contributed by atoms with Crippen LogP contribution in [-0.4, -0.2) is 35.0 Å². The van der Waals surface area contributed by atoms with E-state index in [0.717, 1.165) is 49.7 Å². The monoisotopic (exact) mass is 603 g/mol. The summed E-state index contributed by atoms with van der Waals surface area (Å²) in [4.78, 5) is 50.6. The summed E-state index contributed by atoms with van der Waals surface area (Å²) in [5.74, 6) is -2.43. The Bertz CT molecular complexity index is 1410. The summed E-state index contributed by atoms with van der Waals surface area (Å²) in [5, 5.41) is 13.4. The third-order valence-electron chi connectivity index (χ3n) is 12.0. The zero-order valence-electron chi connectivity index (χ0n) is 26.3. The first-order valence-corrected chi connectivity index (χ1v) is 16.3. The van der Waals surface area contributed by atoms with Gasteiger partial charge < -0.3 is 19.9 Å². The fourth-order valence-electron chi connectivity index (χ4n) is 10.2. The third kappa shape index (κ3) is 5.18. The van der Waals surface area contributed by atoms with Crippen molar-refractivity contribution in [2.45, 2.75) is 91.7 Å². The molecule has 0 radical (unpaired) electrons. The number of rotatable bonds is 6. The molecule has 5 aliphatic rings. The maximum atomic E-state index is 13.9. The molecule has 8 nitrogen and oxygen atoms in total. The second-order valence-corrected chi connectivity index (χ2v) is 14.3. The van der Waals surface area contributed by atoms with Crippen molar-refractivity contribution in [3.05, 3.63) is 58.9 Å². The van der Waals surface area contributed by atoms with E-state index in [2.05, 4.69) is 25.2 Å². The van der Waals surface area contributed by atoms with Crippen LogP contribution in [-0.2, 0) is 35.2 Å². The van der Waals surface area contributed by atoms with Crippen molar-refractivity contribution in [3.63, 3.8) is 0 Å². The fourth-order valence-corrected chi connectivity index (χ4v) is 10.2. The molecule has 2 N–H and O–H groups in total. The Kier molecular flexibility index (Phi) is 8.00. The zero-order chi connectivity index (χ0) is 31.4. The van der Waals surface area contributed by atoms with E-state index >= 15 is 0 Å². The molecule has 0 heterocycles. The number of aliphatic carboxylic acids is 1. The molecule has 1 amide bonds. The summed E-state index contributed by atoms with van der Waals surface area (Å²) >= 11 is 0. The summed E-state index contributed by atoms with van der Waals surface area (Å²) in [6.07, 6.45) is 8.52. The van der Waals surface area contributed by atoms with Crippen LogP contribution in [0.3, 0.4) is 0 Å². The predicted octanol–water partition coefficient (Wildman–Crippen LogP) is 5.96. The van der Waals surface area contributed by atoms with Crippen LogP contribution < -0.4 is 5.32 Å². The summed E-state index contributed by atoms with van der Waals surface area (Å²) in [7, 11) is 0. The van der Waals surface area contributed by atoms with Gasteiger partial charge in [0, 0.05) is 33.2 Å². The highest BCUT2D eigenvalue weighted by molar-refractivity contribution is 5.86. The van der Waals surface area contributed by atoms with Crippen molar-refractivity contribution in [2.24, 2.45) is 46.3 Å². The van der Waals surface area contributed by atoms with Crippen LogP contribution in [0.2, 0.25) is 0 Å². The molecule has 1 aromatic rings. The lowest BCUT2D eigenvalue weighted by Gasteiger charge is -2.57. The minimum absolute atomic E-state index is 0.0256. The lowest BCUT2D eigenvalue weighted by Crippen LogP contribution is -2.50. The average Bonchev–Trinajstić information content (AvgIpc) is 3.29. The molecule has 9 atom stereocenters. The molecule has 1 aromatic carbocycles. The van der Waals surface area contributed by atoms with E-state index in [-0.39, 0.29) is 47.1 Å². The van der Waals surface area contributed by atoms with Gasteiger partial charge in [0.05, 0.1) is 11.8 Å². The first kappa shape index (κ1) is 30.6. The Morgan fingerprint density at radius 3 is 2.36 bits per heavy atom. The smallest absolute Gasteiger partial charge is 0.307 e. The Morgan fingerprint density at radius 1 is 0.955 bits per heavy atom. The maximum Gasteiger partial charge on any atom is 0.307 e. The molecule has 0 spiro atoms. The van der Waals surface area contributed by atoms with E-state index in [1.54, 1.807) is 0 Å². The summed E-state index contributed by atoms with van der Waals surface area (Å²) in [6.45, 7) is 7.82. The number of allylic oxidation sites excluding steroid dienone is 3.